The lowest BCUT2D eigenvalue weighted by Gasteiger charge is -1.99. The SMILES string of the molecule is C/C=C/C1CCCN1.Cl. The lowest BCUT2D eigenvalue weighted by atomic mass is 10.2. The van der Waals surface area contributed by atoms with Crippen LogP contribution in [0.15, 0.2) is 12.2 Å². The van der Waals surface area contributed by atoms with Gasteiger partial charge in [0.2, 0.25) is 0 Å². The molecule has 1 saturated heterocycles. The van der Waals surface area contributed by atoms with Gasteiger partial charge in [-0.2, -0.15) is 0 Å². The second kappa shape index (κ2) is 4.83. The van der Waals surface area contributed by atoms with Crippen molar-refractivity contribution in [3.05, 3.63) is 12.2 Å². The summed E-state index contributed by atoms with van der Waals surface area (Å²) in [6, 6.07) is 0.681. The maximum Gasteiger partial charge on any atom is 0.0250 e. The summed E-state index contributed by atoms with van der Waals surface area (Å²) in [7, 11) is 0. The van der Waals surface area contributed by atoms with E-state index in [2.05, 4.69) is 24.4 Å². The summed E-state index contributed by atoms with van der Waals surface area (Å²) in [5.74, 6) is 0. The van der Waals surface area contributed by atoms with Gasteiger partial charge in [-0.1, -0.05) is 12.2 Å². The summed E-state index contributed by atoms with van der Waals surface area (Å²) in [5, 5.41) is 3.37. The number of nitrogens with one attached hydrogen (secondary N) is 1. The number of allylic oxidation sites excluding steroid dienone is 1. The van der Waals surface area contributed by atoms with E-state index in [0.717, 1.165) is 0 Å². The van der Waals surface area contributed by atoms with Gasteiger partial charge in [-0.25, -0.2) is 0 Å². The van der Waals surface area contributed by atoms with E-state index in [0.29, 0.717) is 6.04 Å². The predicted molar refractivity (Wildman–Crippen MR) is 43.1 cm³/mol. The Labute approximate surface area is 62.9 Å². The fraction of sp³-hybridized carbons (Fsp3) is 0.714. The molecule has 1 rings (SSSR count). The minimum atomic E-state index is 0. The molecule has 1 fully saturated rings. The first-order valence-electron chi connectivity index (χ1n) is 3.29. The third-order valence-electron chi connectivity index (χ3n) is 1.52. The van der Waals surface area contributed by atoms with Crippen LogP contribution >= 0.6 is 12.4 Å². The number of rotatable bonds is 1. The van der Waals surface area contributed by atoms with Crippen LogP contribution in [0, 0.1) is 0 Å². The number of halogens is 1. The fourth-order valence-corrected chi connectivity index (χ4v) is 1.11. The summed E-state index contributed by atoms with van der Waals surface area (Å²) in [5.41, 5.74) is 0. The van der Waals surface area contributed by atoms with Crippen LogP contribution in [0.25, 0.3) is 0 Å². The molecule has 0 saturated carbocycles. The van der Waals surface area contributed by atoms with Crippen molar-refractivity contribution in [2.24, 2.45) is 0 Å². The third kappa shape index (κ3) is 2.87. The summed E-state index contributed by atoms with van der Waals surface area (Å²) in [4.78, 5) is 0. The highest BCUT2D eigenvalue weighted by Gasteiger charge is 2.08. The van der Waals surface area contributed by atoms with Crippen LogP contribution < -0.4 is 5.32 Å². The van der Waals surface area contributed by atoms with Crippen molar-refractivity contribution in [3.63, 3.8) is 0 Å². The molecule has 1 aliphatic heterocycles. The third-order valence-corrected chi connectivity index (χ3v) is 1.52. The van der Waals surface area contributed by atoms with E-state index in [1.807, 2.05) is 0 Å². The molecule has 1 aliphatic rings. The van der Waals surface area contributed by atoms with Crippen LogP contribution in [-0.2, 0) is 0 Å². The van der Waals surface area contributed by atoms with Crippen molar-refractivity contribution >= 4 is 12.4 Å². The minimum Gasteiger partial charge on any atom is -0.311 e. The molecule has 1 atom stereocenters. The van der Waals surface area contributed by atoms with Crippen LogP contribution in [0.3, 0.4) is 0 Å². The summed E-state index contributed by atoms with van der Waals surface area (Å²) < 4.78 is 0. The highest BCUT2D eigenvalue weighted by Crippen LogP contribution is 2.04. The van der Waals surface area contributed by atoms with Gasteiger partial charge >= 0.3 is 0 Å². The van der Waals surface area contributed by atoms with Crippen molar-refractivity contribution in [3.8, 4) is 0 Å². The first kappa shape index (κ1) is 8.99. The zero-order chi connectivity index (χ0) is 5.82. The Kier molecular flexibility index (Phi) is 4.83. The van der Waals surface area contributed by atoms with Gasteiger partial charge in [-0.15, -0.1) is 12.4 Å². The van der Waals surface area contributed by atoms with Crippen LogP contribution in [0.5, 0.6) is 0 Å². The molecule has 0 bridgehead atoms. The van der Waals surface area contributed by atoms with Crippen molar-refractivity contribution in [2.45, 2.75) is 25.8 Å². The smallest absolute Gasteiger partial charge is 0.0250 e. The normalized spacial score (nSPS) is 26.6. The first-order chi connectivity index (χ1) is 3.93. The van der Waals surface area contributed by atoms with Gasteiger partial charge in [0, 0.05) is 6.04 Å². The molecule has 54 valence electrons. The average molecular weight is 148 g/mol. The Balaban J connectivity index is 0.000000640. The quantitative estimate of drug-likeness (QED) is 0.558. The molecule has 2 heteroatoms. The Morgan fingerprint density at radius 1 is 1.56 bits per heavy atom. The first-order valence-corrected chi connectivity index (χ1v) is 3.29. The van der Waals surface area contributed by atoms with Gasteiger partial charge in [0.05, 0.1) is 0 Å². The molecule has 1 heterocycles. The van der Waals surface area contributed by atoms with E-state index < -0.39 is 0 Å². The van der Waals surface area contributed by atoms with E-state index in [1.165, 1.54) is 19.4 Å². The molecule has 0 aliphatic carbocycles. The Bertz CT molecular complexity index is 84.9. The summed E-state index contributed by atoms with van der Waals surface area (Å²) in [6.07, 6.45) is 7.01. The van der Waals surface area contributed by atoms with E-state index in [1.54, 1.807) is 0 Å². The Morgan fingerprint density at radius 3 is 2.78 bits per heavy atom. The van der Waals surface area contributed by atoms with E-state index in [9.17, 15) is 0 Å². The summed E-state index contributed by atoms with van der Waals surface area (Å²) >= 11 is 0. The number of hydrogen-bond donors (Lipinski definition) is 1. The Morgan fingerprint density at radius 2 is 2.33 bits per heavy atom. The molecule has 0 aromatic carbocycles. The molecular weight excluding hydrogens is 134 g/mol. The van der Waals surface area contributed by atoms with Crippen LogP contribution in [-0.4, -0.2) is 12.6 Å². The monoisotopic (exact) mass is 147 g/mol. The molecule has 0 aromatic heterocycles. The highest BCUT2D eigenvalue weighted by molar-refractivity contribution is 5.85. The largest absolute Gasteiger partial charge is 0.311 e. The number of hydrogen-bond acceptors (Lipinski definition) is 1. The van der Waals surface area contributed by atoms with Gasteiger partial charge in [-0.05, 0) is 26.3 Å². The van der Waals surface area contributed by atoms with Gasteiger partial charge in [0.25, 0.3) is 0 Å². The Hall–Kier alpha value is -0.0100. The molecule has 9 heavy (non-hydrogen) atoms. The predicted octanol–water partition coefficient (Wildman–Crippen LogP) is 1.74. The van der Waals surface area contributed by atoms with Gasteiger partial charge in [0.15, 0.2) is 0 Å². The van der Waals surface area contributed by atoms with Crippen molar-refractivity contribution in [1.29, 1.82) is 0 Å². The van der Waals surface area contributed by atoms with Crippen LogP contribution in [0.2, 0.25) is 0 Å². The van der Waals surface area contributed by atoms with Crippen molar-refractivity contribution in [2.75, 3.05) is 6.54 Å². The standard InChI is InChI=1S/C7H13N.ClH/c1-2-4-7-5-3-6-8-7;/h2,4,7-8H,3,5-6H2,1H3;1H/b4-2+;. The highest BCUT2D eigenvalue weighted by atomic mass is 35.5. The molecule has 0 spiro atoms. The van der Waals surface area contributed by atoms with E-state index in [-0.39, 0.29) is 12.4 Å². The minimum absolute atomic E-state index is 0. The maximum atomic E-state index is 3.37. The van der Waals surface area contributed by atoms with Gasteiger partial charge in [0.1, 0.15) is 0 Å². The zero-order valence-electron chi connectivity index (χ0n) is 5.76. The molecule has 0 radical (unpaired) electrons. The van der Waals surface area contributed by atoms with Gasteiger partial charge < -0.3 is 5.32 Å². The molecule has 1 N–H and O–H groups in total. The zero-order valence-corrected chi connectivity index (χ0v) is 6.58. The molecule has 0 amide bonds. The summed E-state index contributed by atoms with van der Waals surface area (Å²) in [6.45, 7) is 3.27. The molecule has 0 aromatic rings. The van der Waals surface area contributed by atoms with Crippen LogP contribution in [0.4, 0.5) is 0 Å². The second-order valence-corrected chi connectivity index (χ2v) is 2.23. The lowest BCUT2D eigenvalue weighted by molar-refractivity contribution is 0.727. The van der Waals surface area contributed by atoms with Crippen molar-refractivity contribution in [1.82, 2.24) is 5.32 Å². The van der Waals surface area contributed by atoms with E-state index in [4.69, 9.17) is 0 Å². The molecule has 1 unspecified atom stereocenters. The lowest BCUT2D eigenvalue weighted by Crippen LogP contribution is -2.17. The maximum absolute atomic E-state index is 3.37. The molecular formula is C7H14ClN. The fourth-order valence-electron chi connectivity index (χ4n) is 1.11. The van der Waals surface area contributed by atoms with Crippen molar-refractivity contribution < 1.29 is 0 Å². The van der Waals surface area contributed by atoms with E-state index >= 15 is 0 Å². The second-order valence-electron chi connectivity index (χ2n) is 2.23. The van der Waals surface area contributed by atoms with Gasteiger partial charge in [-0.3, -0.25) is 0 Å². The molecule has 1 nitrogen and oxygen atoms in total. The topological polar surface area (TPSA) is 12.0 Å². The average Bonchev–Trinajstić information content (AvgIpc) is 2.19. The van der Waals surface area contributed by atoms with Crippen LogP contribution in [0.1, 0.15) is 19.8 Å².